The molecule has 0 heterocycles. The molecule has 0 aliphatic carbocycles. The third-order valence-corrected chi connectivity index (χ3v) is 1.90. The number of ether oxygens (including phenoxy) is 1. The van der Waals surface area contributed by atoms with Gasteiger partial charge in [-0.05, 0) is 6.42 Å². The Morgan fingerprint density at radius 3 is 2.53 bits per heavy atom. The van der Waals surface area contributed by atoms with Crippen LogP contribution in [0.1, 0.15) is 40.0 Å². The van der Waals surface area contributed by atoms with Gasteiger partial charge in [-0.15, -0.1) is 0 Å². The average molecular weight is 215 g/mol. The number of carbonyl (C=O) groups excluding carboxylic acids is 2. The Balaban J connectivity index is 3.42. The van der Waals surface area contributed by atoms with E-state index in [1.807, 2.05) is 0 Å². The van der Waals surface area contributed by atoms with Crippen LogP contribution in [-0.2, 0) is 14.3 Å². The minimum Gasteiger partial charge on any atom is -0.465 e. The molecule has 0 bridgehead atoms. The second-order valence-electron chi connectivity index (χ2n) is 3.78. The Kier molecular flexibility index (Phi) is 7.68. The number of carbonyl (C=O) groups is 2. The summed E-state index contributed by atoms with van der Waals surface area (Å²) in [5.74, 6) is -0.440. The lowest BCUT2D eigenvalue weighted by molar-refractivity contribution is -0.147. The summed E-state index contributed by atoms with van der Waals surface area (Å²) in [5, 5.41) is 2.76. The van der Waals surface area contributed by atoms with Crippen molar-refractivity contribution in [1.82, 2.24) is 5.32 Å². The first-order chi connectivity index (χ1) is 7.07. The van der Waals surface area contributed by atoms with Gasteiger partial charge in [0.2, 0.25) is 5.91 Å². The summed E-state index contributed by atoms with van der Waals surface area (Å²) in [7, 11) is 0. The van der Waals surface area contributed by atoms with Crippen molar-refractivity contribution in [3.63, 3.8) is 0 Å². The fourth-order valence-electron chi connectivity index (χ4n) is 0.904. The molecule has 0 radical (unpaired) electrons. The second-order valence-corrected chi connectivity index (χ2v) is 3.78. The van der Waals surface area contributed by atoms with Crippen molar-refractivity contribution in [2.24, 2.45) is 5.92 Å². The van der Waals surface area contributed by atoms with Gasteiger partial charge in [-0.25, -0.2) is 0 Å². The summed E-state index contributed by atoms with van der Waals surface area (Å²) in [4.78, 5) is 22.2. The van der Waals surface area contributed by atoms with Gasteiger partial charge >= 0.3 is 5.97 Å². The van der Waals surface area contributed by atoms with E-state index < -0.39 is 0 Å². The SMILES string of the molecule is CCCCNC(=O)CCOC(=O)C(C)C. The molecule has 0 aromatic heterocycles. The van der Waals surface area contributed by atoms with Crippen molar-refractivity contribution >= 4 is 11.9 Å². The molecule has 0 aliphatic rings. The van der Waals surface area contributed by atoms with Gasteiger partial charge < -0.3 is 10.1 Å². The Labute approximate surface area is 91.4 Å². The minimum atomic E-state index is -0.253. The summed E-state index contributed by atoms with van der Waals surface area (Å²) in [6.45, 7) is 6.48. The molecular formula is C11H21NO3. The van der Waals surface area contributed by atoms with Crippen LogP contribution < -0.4 is 5.32 Å². The van der Waals surface area contributed by atoms with Gasteiger partial charge in [0.15, 0.2) is 0 Å². The lowest BCUT2D eigenvalue weighted by Gasteiger charge is -2.07. The predicted octanol–water partition coefficient (Wildman–Crippen LogP) is 1.49. The Morgan fingerprint density at radius 1 is 1.33 bits per heavy atom. The van der Waals surface area contributed by atoms with Gasteiger partial charge in [-0.2, -0.15) is 0 Å². The summed E-state index contributed by atoms with van der Waals surface area (Å²) in [6, 6.07) is 0. The summed E-state index contributed by atoms with van der Waals surface area (Å²) < 4.78 is 4.88. The van der Waals surface area contributed by atoms with Crippen LogP contribution >= 0.6 is 0 Å². The van der Waals surface area contributed by atoms with Crippen LogP contribution in [-0.4, -0.2) is 25.0 Å². The number of rotatable bonds is 7. The Bertz CT molecular complexity index is 202. The highest BCUT2D eigenvalue weighted by Gasteiger charge is 2.08. The zero-order valence-electron chi connectivity index (χ0n) is 9.84. The highest BCUT2D eigenvalue weighted by molar-refractivity contribution is 5.76. The molecule has 88 valence electrons. The van der Waals surface area contributed by atoms with E-state index in [9.17, 15) is 9.59 Å². The number of hydrogen-bond acceptors (Lipinski definition) is 3. The van der Waals surface area contributed by atoms with E-state index in [1.165, 1.54) is 0 Å². The molecule has 0 aromatic carbocycles. The fraction of sp³-hybridized carbons (Fsp3) is 0.818. The van der Waals surface area contributed by atoms with Gasteiger partial charge in [0.25, 0.3) is 0 Å². The number of esters is 1. The normalized spacial score (nSPS) is 10.1. The number of amides is 1. The van der Waals surface area contributed by atoms with Crippen molar-refractivity contribution in [2.75, 3.05) is 13.2 Å². The van der Waals surface area contributed by atoms with E-state index >= 15 is 0 Å². The fourth-order valence-corrected chi connectivity index (χ4v) is 0.904. The molecular weight excluding hydrogens is 194 g/mol. The molecule has 0 saturated carbocycles. The first-order valence-electron chi connectivity index (χ1n) is 5.51. The van der Waals surface area contributed by atoms with Crippen LogP contribution in [0.15, 0.2) is 0 Å². The van der Waals surface area contributed by atoms with Crippen LogP contribution in [0.25, 0.3) is 0 Å². The van der Waals surface area contributed by atoms with Crippen LogP contribution in [0.5, 0.6) is 0 Å². The Hall–Kier alpha value is -1.06. The summed E-state index contributed by atoms with van der Waals surface area (Å²) >= 11 is 0. The minimum absolute atomic E-state index is 0.0555. The van der Waals surface area contributed by atoms with Gasteiger partial charge in [-0.1, -0.05) is 27.2 Å². The van der Waals surface area contributed by atoms with Crippen LogP contribution in [0.3, 0.4) is 0 Å². The zero-order chi connectivity index (χ0) is 11.7. The third-order valence-electron chi connectivity index (χ3n) is 1.90. The highest BCUT2D eigenvalue weighted by Crippen LogP contribution is 1.96. The molecule has 0 rings (SSSR count). The van der Waals surface area contributed by atoms with Gasteiger partial charge in [-0.3, -0.25) is 9.59 Å². The molecule has 0 atom stereocenters. The maximum atomic E-state index is 11.2. The predicted molar refractivity (Wildman–Crippen MR) is 58.3 cm³/mol. The molecule has 0 aliphatic heterocycles. The lowest BCUT2D eigenvalue weighted by Crippen LogP contribution is -2.26. The maximum Gasteiger partial charge on any atom is 0.308 e. The quantitative estimate of drug-likeness (QED) is 0.517. The molecule has 4 heteroatoms. The number of nitrogens with one attached hydrogen (secondary N) is 1. The van der Waals surface area contributed by atoms with E-state index in [1.54, 1.807) is 13.8 Å². The molecule has 15 heavy (non-hydrogen) atoms. The molecule has 0 spiro atoms. The average Bonchev–Trinajstić information content (AvgIpc) is 2.18. The monoisotopic (exact) mass is 215 g/mol. The number of unbranched alkanes of at least 4 members (excludes halogenated alkanes) is 1. The molecule has 1 amide bonds. The zero-order valence-corrected chi connectivity index (χ0v) is 9.84. The maximum absolute atomic E-state index is 11.2. The van der Waals surface area contributed by atoms with Crippen molar-refractivity contribution in [3.8, 4) is 0 Å². The van der Waals surface area contributed by atoms with E-state index in [2.05, 4.69) is 12.2 Å². The molecule has 0 fully saturated rings. The van der Waals surface area contributed by atoms with E-state index in [-0.39, 0.29) is 30.8 Å². The molecule has 4 nitrogen and oxygen atoms in total. The largest absolute Gasteiger partial charge is 0.465 e. The van der Waals surface area contributed by atoms with Gasteiger partial charge in [0, 0.05) is 6.54 Å². The summed E-state index contributed by atoms with van der Waals surface area (Å²) in [5.41, 5.74) is 0. The van der Waals surface area contributed by atoms with Crippen molar-refractivity contribution in [3.05, 3.63) is 0 Å². The third kappa shape index (κ3) is 7.97. The van der Waals surface area contributed by atoms with E-state index in [0.29, 0.717) is 6.54 Å². The highest BCUT2D eigenvalue weighted by atomic mass is 16.5. The molecule has 0 aromatic rings. The van der Waals surface area contributed by atoms with Crippen LogP contribution in [0.4, 0.5) is 0 Å². The molecule has 0 saturated heterocycles. The molecule has 1 N–H and O–H groups in total. The van der Waals surface area contributed by atoms with Crippen LogP contribution in [0, 0.1) is 5.92 Å². The number of hydrogen-bond donors (Lipinski definition) is 1. The second kappa shape index (κ2) is 8.26. The van der Waals surface area contributed by atoms with Crippen LogP contribution in [0.2, 0.25) is 0 Å². The summed E-state index contributed by atoms with van der Waals surface area (Å²) in [6.07, 6.45) is 2.29. The van der Waals surface area contributed by atoms with Gasteiger partial charge in [0.05, 0.1) is 12.3 Å². The lowest BCUT2D eigenvalue weighted by atomic mass is 10.2. The molecule has 0 unspecified atom stereocenters. The Morgan fingerprint density at radius 2 is 2.00 bits per heavy atom. The van der Waals surface area contributed by atoms with Crippen molar-refractivity contribution in [1.29, 1.82) is 0 Å². The van der Waals surface area contributed by atoms with E-state index in [4.69, 9.17) is 4.74 Å². The first kappa shape index (κ1) is 13.9. The standard InChI is InChI=1S/C11H21NO3/c1-4-5-7-12-10(13)6-8-15-11(14)9(2)3/h9H,4-8H2,1-3H3,(H,12,13). The topological polar surface area (TPSA) is 55.4 Å². The smallest absolute Gasteiger partial charge is 0.308 e. The van der Waals surface area contributed by atoms with E-state index in [0.717, 1.165) is 12.8 Å². The van der Waals surface area contributed by atoms with Gasteiger partial charge in [0.1, 0.15) is 6.61 Å². The first-order valence-corrected chi connectivity index (χ1v) is 5.51. The van der Waals surface area contributed by atoms with Crippen molar-refractivity contribution in [2.45, 2.75) is 40.0 Å². The van der Waals surface area contributed by atoms with Crippen molar-refractivity contribution < 1.29 is 14.3 Å².